The second-order valence-corrected chi connectivity index (χ2v) is 12.1. The molecule has 0 radical (unpaired) electrons. The predicted molar refractivity (Wildman–Crippen MR) is 179 cm³/mol. The zero-order valence-corrected chi connectivity index (χ0v) is 26.2. The highest BCUT2D eigenvalue weighted by molar-refractivity contribution is 6.13. The molecule has 244 valence electrons. The Kier molecular flexibility index (Phi) is 8.94. The fraction of sp³-hybridized carbons (Fsp3) is 0.364. The Labute approximate surface area is 272 Å². The molecule has 1 spiro atoms. The molecule has 0 saturated carbocycles. The second kappa shape index (κ2) is 13.2. The van der Waals surface area contributed by atoms with E-state index in [0.717, 1.165) is 5.82 Å². The summed E-state index contributed by atoms with van der Waals surface area (Å²) >= 11 is 0. The molecule has 47 heavy (non-hydrogen) atoms. The molecule has 3 fully saturated rings. The van der Waals surface area contributed by atoms with Crippen LogP contribution in [0.4, 0.5) is 21.7 Å². The SMILES string of the molecule is CN/C=N\C(=N)c1ccc(N2CCN(C(=O)CN3CC[C@]4(CCN(c5ccc(N)c(C(=N)c6ccc(F)cc6)n5)C4=O)C3)CC2)nc1. The number of benzene rings is 1. The third-order valence-corrected chi connectivity index (χ3v) is 9.16. The zero-order chi connectivity index (χ0) is 33.1. The van der Waals surface area contributed by atoms with Crippen molar-refractivity contribution in [1.29, 1.82) is 10.8 Å². The van der Waals surface area contributed by atoms with Crippen LogP contribution in [0.1, 0.15) is 29.7 Å². The summed E-state index contributed by atoms with van der Waals surface area (Å²) in [7, 11) is 1.72. The van der Waals surface area contributed by atoms with Gasteiger partial charge in [0, 0.05) is 63.6 Å². The standard InChI is InChI=1S/C33H38FN11O2/c1-38-21-40-31(37)23-4-8-26(39-18-23)43-14-16-44(17-15-43)28(46)19-42-12-10-33(20-42)11-13-45(32(33)47)27-9-7-25(35)30(41-27)29(36)22-2-5-24(34)6-3-22/h2-9,18,21,36H,10-17,19-20,35H2,1H3,(H2,37,38,40)/t33-/m0/s1. The summed E-state index contributed by atoms with van der Waals surface area (Å²) in [5.74, 6) is 0.977. The lowest BCUT2D eigenvalue weighted by Crippen LogP contribution is -2.51. The van der Waals surface area contributed by atoms with Crippen molar-refractivity contribution < 1.29 is 14.0 Å². The van der Waals surface area contributed by atoms with E-state index in [1.807, 2.05) is 17.0 Å². The molecular formula is C33H38FN11O2. The molecule has 0 unspecified atom stereocenters. The summed E-state index contributed by atoms with van der Waals surface area (Å²) in [6.07, 6.45) is 4.41. The molecule has 5 heterocycles. The van der Waals surface area contributed by atoms with Gasteiger partial charge in [0.15, 0.2) is 5.84 Å². The average Bonchev–Trinajstić information content (AvgIpc) is 3.65. The number of piperazine rings is 1. The molecule has 3 aliphatic rings. The molecule has 2 aromatic heterocycles. The van der Waals surface area contributed by atoms with Crippen LogP contribution in [-0.2, 0) is 9.59 Å². The van der Waals surface area contributed by atoms with Gasteiger partial charge in [-0.2, -0.15) is 0 Å². The number of likely N-dealkylation sites (tertiary alicyclic amines) is 1. The van der Waals surface area contributed by atoms with Gasteiger partial charge >= 0.3 is 0 Å². The highest BCUT2D eigenvalue weighted by atomic mass is 19.1. The fourth-order valence-electron chi connectivity index (χ4n) is 6.47. The first-order chi connectivity index (χ1) is 22.7. The van der Waals surface area contributed by atoms with Crippen LogP contribution < -0.4 is 20.9 Å². The first-order valence-electron chi connectivity index (χ1n) is 15.6. The number of hydrogen-bond donors (Lipinski definition) is 4. The van der Waals surface area contributed by atoms with Gasteiger partial charge < -0.3 is 20.9 Å². The summed E-state index contributed by atoms with van der Waals surface area (Å²) < 4.78 is 13.4. The minimum absolute atomic E-state index is 0.0277. The molecule has 0 aliphatic carbocycles. The maximum absolute atomic E-state index is 13.8. The van der Waals surface area contributed by atoms with Crippen molar-refractivity contribution in [2.24, 2.45) is 10.4 Å². The average molecular weight is 640 g/mol. The monoisotopic (exact) mass is 639 g/mol. The number of aliphatic imine (C=N–C) groups is 1. The zero-order valence-electron chi connectivity index (χ0n) is 26.2. The number of amidine groups is 1. The van der Waals surface area contributed by atoms with Gasteiger partial charge in [0.1, 0.15) is 23.1 Å². The fourth-order valence-corrected chi connectivity index (χ4v) is 6.47. The normalized spacial score (nSPS) is 20.0. The van der Waals surface area contributed by atoms with E-state index in [1.54, 1.807) is 30.3 Å². The van der Waals surface area contributed by atoms with E-state index in [9.17, 15) is 14.0 Å². The molecule has 6 rings (SSSR count). The largest absolute Gasteiger partial charge is 0.397 e. The second-order valence-electron chi connectivity index (χ2n) is 12.1. The number of nitrogens with zero attached hydrogens (tertiary/aromatic N) is 7. The van der Waals surface area contributed by atoms with Crippen LogP contribution in [-0.4, -0.2) is 109 Å². The Morgan fingerprint density at radius 2 is 1.70 bits per heavy atom. The number of aromatic nitrogens is 2. The Morgan fingerprint density at radius 3 is 2.40 bits per heavy atom. The van der Waals surface area contributed by atoms with Crippen LogP contribution in [0.5, 0.6) is 0 Å². The maximum atomic E-state index is 13.8. The van der Waals surface area contributed by atoms with Gasteiger partial charge in [-0.3, -0.25) is 30.2 Å². The molecule has 1 atom stereocenters. The number of nitrogen functional groups attached to an aromatic ring is 1. The number of anilines is 3. The van der Waals surface area contributed by atoms with Crippen molar-refractivity contribution in [3.05, 3.63) is 77.4 Å². The lowest BCUT2D eigenvalue weighted by molar-refractivity contribution is -0.133. The number of nitrogens with two attached hydrogens (primary N) is 1. The molecule has 3 aromatic rings. The topological polar surface area (TPSA) is 171 Å². The summed E-state index contributed by atoms with van der Waals surface area (Å²) in [5.41, 5.74) is 7.27. The first kappa shape index (κ1) is 31.7. The molecular weight excluding hydrogens is 601 g/mol. The van der Waals surface area contributed by atoms with E-state index in [1.165, 1.54) is 30.6 Å². The highest BCUT2D eigenvalue weighted by Crippen LogP contribution is 2.42. The number of carbonyl (C=O) groups is 2. The summed E-state index contributed by atoms with van der Waals surface area (Å²) in [5, 5.41) is 19.4. The van der Waals surface area contributed by atoms with Gasteiger partial charge in [-0.05, 0) is 67.9 Å². The molecule has 14 heteroatoms. The van der Waals surface area contributed by atoms with Crippen LogP contribution in [0.2, 0.25) is 0 Å². The van der Waals surface area contributed by atoms with Crippen LogP contribution in [0.3, 0.4) is 0 Å². The number of amides is 2. The Bertz CT molecular complexity index is 1700. The molecule has 0 bridgehead atoms. The Hall–Kier alpha value is -5.24. The molecule has 1 aromatic carbocycles. The van der Waals surface area contributed by atoms with Crippen LogP contribution in [0, 0.1) is 22.1 Å². The van der Waals surface area contributed by atoms with E-state index in [4.69, 9.17) is 16.6 Å². The summed E-state index contributed by atoms with van der Waals surface area (Å²) in [6, 6.07) is 12.6. The van der Waals surface area contributed by atoms with Gasteiger partial charge in [0.25, 0.3) is 0 Å². The molecule has 5 N–H and O–H groups in total. The third kappa shape index (κ3) is 6.54. The predicted octanol–water partition coefficient (Wildman–Crippen LogP) is 1.96. The van der Waals surface area contributed by atoms with Crippen molar-refractivity contribution in [3.8, 4) is 0 Å². The minimum Gasteiger partial charge on any atom is -0.397 e. The maximum Gasteiger partial charge on any atom is 0.236 e. The smallest absolute Gasteiger partial charge is 0.236 e. The van der Waals surface area contributed by atoms with Crippen molar-refractivity contribution >= 4 is 47.0 Å². The van der Waals surface area contributed by atoms with E-state index >= 15 is 0 Å². The van der Waals surface area contributed by atoms with Gasteiger partial charge in [0.05, 0.1) is 29.7 Å². The highest BCUT2D eigenvalue weighted by Gasteiger charge is 2.51. The molecule has 3 aliphatic heterocycles. The van der Waals surface area contributed by atoms with E-state index in [0.29, 0.717) is 81.3 Å². The Balaban J connectivity index is 1.03. The quantitative estimate of drug-likeness (QED) is 0.214. The first-order valence-corrected chi connectivity index (χ1v) is 15.6. The van der Waals surface area contributed by atoms with Crippen molar-refractivity contribution in [3.63, 3.8) is 0 Å². The number of hydrogen-bond acceptors (Lipinski definition) is 9. The Morgan fingerprint density at radius 1 is 1.00 bits per heavy atom. The molecule has 3 saturated heterocycles. The van der Waals surface area contributed by atoms with E-state index in [-0.39, 0.29) is 35.6 Å². The minimum atomic E-state index is -0.584. The van der Waals surface area contributed by atoms with Gasteiger partial charge in [-0.25, -0.2) is 19.4 Å². The van der Waals surface area contributed by atoms with Crippen LogP contribution >= 0.6 is 0 Å². The van der Waals surface area contributed by atoms with Crippen molar-refractivity contribution in [2.75, 3.05) is 74.9 Å². The molecule has 2 amide bonds. The van der Waals surface area contributed by atoms with Crippen LogP contribution in [0.25, 0.3) is 0 Å². The lowest BCUT2D eigenvalue weighted by atomic mass is 9.85. The van der Waals surface area contributed by atoms with Crippen molar-refractivity contribution in [1.82, 2.24) is 25.1 Å². The van der Waals surface area contributed by atoms with Gasteiger partial charge in [-0.15, -0.1) is 0 Å². The van der Waals surface area contributed by atoms with E-state index in [2.05, 4.69) is 30.1 Å². The van der Waals surface area contributed by atoms with Crippen molar-refractivity contribution in [2.45, 2.75) is 12.8 Å². The third-order valence-electron chi connectivity index (χ3n) is 9.16. The van der Waals surface area contributed by atoms with Gasteiger partial charge in [0.2, 0.25) is 11.8 Å². The number of pyridine rings is 2. The van der Waals surface area contributed by atoms with Gasteiger partial charge in [-0.1, -0.05) is 0 Å². The number of nitrogens with one attached hydrogen (secondary N) is 3. The van der Waals surface area contributed by atoms with E-state index < -0.39 is 11.2 Å². The molecule has 13 nitrogen and oxygen atoms in total. The number of carbonyl (C=O) groups excluding carboxylic acids is 2. The number of halogens is 1. The summed E-state index contributed by atoms with van der Waals surface area (Å²) in [6.45, 7) is 4.37. The number of rotatable bonds is 8. The summed E-state index contributed by atoms with van der Waals surface area (Å²) in [4.78, 5) is 47.9. The lowest BCUT2D eigenvalue weighted by Gasteiger charge is -2.36. The van der Waals surface area contributed by atoms with Crippen LogP contribution in [0.15, 0.2) is 59.7 Å².